The maximum absolute atomic E-state index is 9.25. The number of carboxylic acids is 2. The maximum atomic E-state index is 9.25. The smallest absolute Gasteiger partial charge is 0.327 e. The molecule has 0 aromatic carbocycles. The SMILES string of the molecule is C.C=CC(=O)O.CC(=O)O. The third-order valence-corrected chi connectivity index (χ3v) is 0.175. The van der Waals surface area contributed by atoms with E-state index in [0.717, 1.165) is 13.0 Å². The van der Waals surface area contributed by atoms with E-state index in [1.165, 1.54) is 0 Å². The summed E-state index contributed by atoms with van der Waals surface area (Å²) in [6.07, 6.45) is 0.833. The van der Waals surface area contributed by atoms with Gasteiger partial charge in [0.2, 0.25) is 0 Å². The number of rotatable bonds is 1. The monoisotopic (exact) mass is 148 g/mol. The minimum atomic E-state index is -0.981. The highest BCUT2D eigenvalue weighted by Gasteiger charge is 1.73. The fourth-order valence-corrected chi connectivity index (χ4v) is 0. The number of carboxylic acid groups (broad SMARTS) is 2. The van der Waals surface area contributed by atoms with Gasteiger partial charge in [-0.2, -0.15) is 0 Å². The van der Waals surface area contributed by atoms with Crippen LogP contribution in [0.25, 0.3) is 0 Å². The molecule has 0 aliphatic heterocycles. The molecule has 0 spiro atoms. The molecule has 0 saturated heterocycles. The van der Waals surface area contributed by atoms with Crippen molar-refractivity contribution in [2.45, 2.75) is 14.4 Å². The molecule has 0 amide bonds. The van der Waals surface area contributed by atoms with Gasteiger partial charge in [0.15, 0.2) is 0 Å². The van der Waals surface area contributed by atoms with Gasteiger partial charge in [0.25, 0.3) is 5.97 Å². The van der Waals surface area contributed by atoms with Crippen LogP contribution in [-0.4, -0.2) is 22.2 Å². The van der Waals surface area contributed by atoms with Crippen molar-refractivity contribution in [3.63, 3.8) is 0 Å². The Kier molecular flexibility index (Phi) is 16.9. The Morgan fingerprint density at radius 1 is 1.40 bits per heavy atom. The van der Waals surface area contributed by atoms with Crippen LogP contribution in [-0.2, 0) is 9.59 Å². The maximum Gasteiger partial charge on any atom is 0.327 e. The molecule has 10 heavy (non-hydrogen) atoms. The van der Waals surface area contributed by atoms with Crippen molar-refractivity contribution in [1.82, 2.24) is 0 Å². The highest BCUT2D eigenvalue weighted by atomic mass is 16.4. The van der Waals surface area contributed by atoms with Gasteiger partial charge in [0, 0.05) is 13.0 Å². The first-order chi connectivity index (χ1) is 4.00. The van der Waals surface area contributed by atoms with Crippen LogP contribution in [0.2, 0.25) is 0 Å². The van der Waals surface area contributed by atoms with E-state index in [-0.39, 0.29) is 7.43 Å². The van der Waals surface area contributed by atoms with E-state index < -0.39 is 11.9 Å². The molecule has 0 radical (unpaired) electrons. The van der Waals surface area contributed by atoms with Crippen LogP contribution in [0.15, 0.2) is 12.7 Å². The van der Waals surface area contributed by atoms with E-state index in [1.807, 2.05) is 0 Å². The Hall–Kier alpha value is -1.32. The molecule has 0 fully saturated rings. The lowest BCUT2D eigenvalue weighted by Crippen LogP contribution is -1.82. The van der Waals surface area contributed by atoms with Crippen LogP contribution in [0.1, 0.15) is 14.4 Å². The summed E-state index contributed by atoms with van der Waals surface area (Å²) in [4.78, 5) is 18.2. The number of aliphatic carboxylic acids is 2. The second-order valence-electron chi connectivity index (χ2n) is 1.06. The lowest BCUT2D eigenvalue weighted by Gasteiger charge is -1.64. The number of hydrogen-bond donors (Lipinski definition) is 2. The summed E-state index contributed by atoms with van der Waals surface area (Å²) >= 11 is 0. The molecule has 0 saturated carbocycles. The summed E-state index contributed by atoms with van der Waals surface area (Å²) in [6.45, 7) is 4.04. The minimum absolute atomic E-state index is 0. The minimum Gasteiger partial charge on any atom is -0.481 e. The molecular weight excluding hydrogens is 136 g/mol. The fourth-order valence-electron chi connectivity index (χ4n) is 0. The molecule has 0 unspecified atom stereocenters. The summed E-state index contributed by atoms with van der Waals surface area (Å²) in [7, 11) is 0. The Labute approximate surface area is 59.8 Å². The molecule has 0 aromatic heterocycles. The normalized spacial score (nSPS) is 5.70. The van der Waals surface area contributed by atoms with Gasteiger partial charge in [-0.05, 0) is 0 Å². The molecule has 2 N–H and O–H groups in total. The van der Waals surface area contributed by atoms with E-state index in [4.69, 9.17) is 15.0 Å². The van der Waals surface area contributed by atoms with Gasteiger partial charge >= 0.3 is 5.97 Å². The van der Waals surface area contributed by atoms with Gasteiger partial charge in [-0.3, -0.25) is 4.79 Å². The second-order valence-corrected chi connectivity index (χ2v) is 1.06. The Balaban J connectivity index is -0.0000000910. The molecular formula is C6H12O4. The number of hydrogen-bond acceptors (Lipinski definition) is 2. The third kappa shape index (κ3) is 466. The van der Waals surface area contributed by atoms with Crippen molar-refractivity contribution in [3.8, 4) is 0 Å². The first-order valence-corrected chi connectivity index (χ1v) is 2.05. The largest absolute Gasteiger partial charge is 0.481 e. The Bertz CT molecular complexity index is 113. The molecule has 0 atom stereocenters. The molecule has 0 aliphatic rings. The molecule has 60 valence electrons. The van der Waals surface area contributed by atoms with Crippen LogP contribution < -0.4 is 0 Å². The Morgan fingerprint density at radius 2 is 1.50 bits per heavy atom. The molecule has 0 bridgehead atoms. The predicted octanol–water partition coefficient (Wildman–Crippen LogP) is 0.984. The van der Waals surface area contributed by atoms with Crippen molar-refractivity contribution in [1.29, 1.82) is 0 Å². The van der Waals surface area contributed by atoms with Crippen LogP contribution in [0, 0.1) is 0 Å². The first kappa shape index (κ1) is 15.9. The summed E-state index contributed by atoms with van der Waals surface area (Å²) in [6, 6.07) is 0. The summed E-state index contributed by atoms with van der Waals surface area (Å²) in [5, 5.41) is 15.0. The zero-order valence-corrected chi connectivity index (χ0v) is 5.00. The van der Waals surface area contributed by atoms with Crippen molar-refractivity contribution >= 4 is 11.9 Å². The van der Waals surface area contributed by atoms with Gasteiger partial charge in [-0.25, -0.2) is 4.79 Å². The van der Waals surface area contributed by atoms with Gasteiger partial charge in [0.1, 0.15) is 0 Å². The van der Waals surface area contributed by atoms with Crippen molar-refractivity contribution in [3.05, 3.63) is 12.7 Å². The quantitative estimate of drug-likeness (QED) is 0.543. The summed E-state index contributed by atoms with van der Waals surface area (Å²) < 4.78 is 0. The van der Waals surface area contributed by atoms with E-state index in [2.05, 4.69) is 6.58 Å². The standard InChI is InChI=1S/C3H4O2.C2H4O2.CH4/c1-2-3(4)5;1-2(3)4;/h2H,1H2,(H,4,5);1H3,(H,3,4);1H4. The predicted molar refractivity (Wildman–Crippen MR) is 37.9 cm³/mol. The fraction of sp³-hybridized carbons (Fsp3) is 0.333. The third-order valence-electron chi connectivity index (χ3n) is 0.175. The van der Waals surface area contributed by atoms with Crippen molar-refractivity contribution in [2.75, 3.05) is 0 Å². The van der Waals surface area contributed by atoms with Gasteiger partial charge in [-0.15, -0.1) is 0 Å². The van der Waals surface area contributed by atoms with Gasteiger partial charge < -0.3 is 10.2 Å². The zero-order valence-electron chi connectivity index (χ0n) is 5.00. The average molecular weight is 148 g/mol. The van der Waals surface area contributed by atoms with Crippen LogP contribution in [0.5, 0.6) is 0 Å². The van der Waals surface area contributed by atoms with Crippen LogP contribution in [0.3, 0.4) is 0 Å². The highest BCUT2D eigenvalue weighted by Crippen LogP contribution is 1.54. The highest BCUT2D eigenvalue weighted by molar-refractivity contribution is 5.78. The van der Waals surface area contributed by atoms with E-state index in [9.17, 15) is 4.79 Å². The van der Waals surface area contributed by atoms with Crippen molar-refractivity contribution < 1.29 is 19.8 Å². The van der Waals surface area contributed by atoms with E-state index in [1.54, 1.807) is 0 Å². The zero-order chi connectivity index (χ0) is 7.86. The van der Waals surface area contributed by atoms with Gasteiger partial charge in [-0.1, -0.05) is 14.0 Å². The average Bonchev–Trinajstić information content (AvgIpc) is 1.65. The van der Waals surface area contributed by atoms with E-state index >= 15 is 0 Å². The summed E-state index contributed by atoms with van der Waals surface area (Å²) in [5.74, 6) is -1.81. The lowest BCUT2D eigenvalue weighted by atomic mass is 10.7. The lowest BCUT2D eigenvalue weighted by molar-refractivity contribution is -0.134. The molecule has 0 aliphatic carbocycles. The Morgan fingerprint density at radius 3 is 1.50 bits per heavy atom. The van der Waals surface area contributed by atoms with Crippen LogP contribution >= 0.6 is 0 Å². The van der Waals surface area contributed by atoms with Crippen LogP contribution in [0.4, 0.5) is 0 Å². The molecule has 0 heterocycles. The van der Waals surface area contributed by atoms with Crippen molar-refractivity contribution in [2.24, 2.45) is 0 Å². The molecule has 0 rings (SSSR count). The molecule has 4 heteroatoms. The topological polar surface area (TPSA) is 74.6 Å². The van der Waals surface area contributed by atoms with E-state index in [0.29, 0.717) is 0 Å². The molecule has 0 aromatic rings. The molecule has 4 nitrogen and oxygen atoms in total. The number of carbonyl (C=O) groups is 2. The first-order valence-electron chi connectivity index (χ1n) is 2.05. The summed E-state index contributed by atoms with van der Waals surface area (Å²) in [5.41, 5.74) is 0. The second kappa shape index (κ2) is 10.6. The van der Waals surface area contributed by atoms with Gasteiger partial charge in [0.05, 0.1) is 0 Å².